The van der Waals surface area contributed by atoms with Crippen molar-refractivity contribution < 1.29 is 0 Å². The van der Waals surface area contributed by atoms with Crippen LogP contribution in [0.25, 0.3) is 77.2 Å². The zero-order chi connectivity index (χ0) is 32.2. The smallest absolute Gasteiger partial charge is 0.0998 e. The van der Waals surface area contributed by atoms with E-state index < -0.39 is 0 Å². The lowest BCUT2D eigenvalue weighted by atomic mass is 9.91. The molecule has 0 aliphatic heterocycles. The van der Waals surface area contributed by atoms with E-state index in [9.17, 15) is 10.5 Å². The van der Waals surface area contributed by atoms with Crippen molar-refractivity contribution in [2.24, 2.45) is 0 Å². The summed E-state index contributed by atoms with van der Waals surface area (Å²) >= 11 is 0. The van der Waals surface area contributed by atoms with Gasteiger partial charge in [0.05, 0.1) is 51.0 Å². The molecule has 0 saturated carbocycles. The Morgan fingerprint density at radius 3 is 1.56 bits per heavy atom. The van der Waals surface area contributed by atoms with E-state index in [1.54, 1.807) is 0 Å². The number of nitriles is 2. The summed E-state index contributed by atoms with van der Waals surface area (Å²) < 4.78 is 4.55. The van der Waals surface area contributed by atoms with Crippen molar-refractivity contribution in [3.05, 3.63) is 169 Å². The van der Waals surface area contributed by atoms with Gasteiger partial charge in [0.2, 0.25) is 0 Å². The molecule has 48 heavy (non-hydrogen) atoms. The summed E-state index contributed by atoms with van der Waals surface area (Å²) in [7, 11) is 0. The molecule has 222 valence electrons. The van der Waals surface area contributed by atoms with Gasteiger partial charge in [0, 0.05) is 38.4 Å². The van der Waals surface area contributed by atoms with Gasteiger partial charge in [-0.15, -0.1) is 0 Å². The average molecular weight is 611 g/mol. The normalized spacial score (nSPS) is 11.3. The Balaban J connectivity index is 1.30. The Bertz CT molecular complexity index is 2760. The first-order valence-corrected chi connectivity index (χ1v) is 15.9. The van der Waals surface area contributed by atoms with Crippen molar-refractivity contribution in [2.75, 3.05) is 0 Å². The van der Waals surface area contributed by atoms with Crippen LogP contribution in [0.4, 0.5) is 0 Å². The molecule has 2 aromatic heterocycles. The highest BCUT2D eigenvalue weighted by Gasteiger charge is 2.20. The molecule has 7 aromatic carbocycles. The number of hydrogen-bond acceptors (Lipinski definition) is 2. The van der Waals surface area contributed by atoms with Crippen molar-refractivity contribution in [3.8, 4) is 45.8 Å². The zero-order valence-corrected chi connectivity index (χ0v) is 25.8. The van der Waals surface area contributed by atoms with E-state index >= 15 is 0 Å². The number of benzene rings is 7. The van der Waals surface area contributed by atoms with Crippen LogP contribution in [0.2, 0.25) is 0 Å². The quantitative estimate of drug-likeness (QED) is 0.199. The summed E-state index contributed by atoms with van der Waals surface area (Å²) in [4.78, 5) is 0. The second-order valence-corrected chi connectivity index (χ2v) is 11.9. The summed E-state index contributed by atoms with van der Waals surface area (Å²) in [5.74, 6) is 0. The first-order chi connectivity index (χ1) is 23.8. The molecule has 0 bridgehead atoms. The predicted molar refractivity (Wildman–Crippen MR) is 195 cm³/mol. The van der Waals surface area contributed by atoms with Gasteiger partial charge in [0.25, 0.3) is 0 Å². The average Bonchev–Trinajstić information content (AvgIpc) is 3.68. The van der Waals surface area contributed by atoms with Crippen molar-refractivity contribution in [1.29, 1.82) is 10.5 Å². The molecule has 0 amide bonds. The van der Waals surface area contributed by atoms with Crippen LogP contribution in [-0.4, -0.2) is 9.13 Å². The lowest BCUT2D eigenvalue weighted by Crippen LogP contribution is -1.99. The van der Waals surface area contributed by atoms with Crippen molar-refractivity contribution in [1.82, 2.24) is 9.13 Å². The number of nitrogens with zero attached hydrogens (tertiary/aromatic N) is 4. The number of rotatable bonds is 4. The molecule has 0 spiro atoms. The van der Waals surface area contributed by atoms with Gasteiger partial charge in [0.15, 0.2) is 0 Å². The van der Waals surface area contributed by atoms with E-state index in [0.29, 0.717) is 11.1 Å². The van der Waals surface area contributed by atoms with Crippen LogP contribution in [0.3, 0.4) is 0 Å². The molecule has 0 unspecified atom stereocenters. The van der Waals surface area contributed by atoms with E-state index in [1.807, 2.05) is 42.5 Å². The molecule has 4 nitrogen and oxygen atoms in total. The molecule has 0 atom stereocenters. The zero-order valence-electron chi connectivity index (χ0n) is 25.8. The molecule has 0 saturated heterocycles. The van der Waals surface area contributed by atoms with Crippen LogP contribution in [0.5, 0.6) is 0 Å². The fraction of sp³-hybridized carbons (Fsp3) is 0. The summed E-state index contributed by atoms with van der Waals surface area (Å²) in [6, 6.07) is 58.9. The Morgan fingerprint density at radius 1 is 0.375 bits per heavy atom. The maximum absolute atomic E-state index is 10.4. The lowest BCUT2D eigenvalue weighted by Gasteiger charge is -2.18. The Kier molecular flexibility index (Phi) is 6.22. The highest BCUT2D eigenvalue weighted by atomic mass is 15.0. The van der Waals surface area contributed by atoms with Crippen LogP contribution in [-0.2, 0) is 0 Å². The third-order valence-electron chi connectivity index (χ3n) is 9.43. The summed E-state index contributed by atoms with van der Waals surface area (Å²) in [6.07, 6.45) is 0. The van der Waals surface area contributed by atoms with E-state index in [2.05, 4.69) is 137 Å². The standard InChI is InChI=1S/C44H26N4/c45-27-29-24-25-31(47-42-22-10-6-18-37(42)44-30(28-46)12-11-23-43(44)47)26-38(29)33-14-2-1-13-32(33)34-15-3-7-19-39(34)48-40-20-8-4-16-35(40)36-17-5-9-21-41(36)48/h1-26H. The minimum atomic E-state index is 0.596. The fourth-order valence-corrected chi connectivity index (χ4v) is 7.41. The van der Waals surface area contributed by atoms with Crippen LogP contribution < -0.4 is 0 Å². The second-order valence-electron chi connectivity index (χ2n) is 11.9. The maximum Gasteiger partial charge on any atom is 0.0998 e. The van der Waals surface area contributed by atoms with E-state index in [1.165, 1.54) is 10.8 Å². The lowest BCUT2D eigenvalue weighted by molar-refractivity contribution is 1.18. The Labute approximate surface area is 277 Å². The molecule has 4 heteroatoms. The number of aromatic nitrogens is 2. The molecule has 0 fully saturated rings. The molecule has 2 heterocycles. The molecule has 0 aliphatic carbocycles. The number of hydrogen-bond donors (Lipinski definition) is 0. The topological polar surface area (TPSA) is 57.4 Å². The highest BCUT2D eigenvalue weighted by molar-refractivity contribution is 6.12. The van der Waals surface area contributed by atoms with Gasteiger partial charge < -0.3 is 9.13 Å². The third kappa shape index (κ3) is 4.01. The molecular formula is C44H26N4. The van der Waals surface area contributed by atoms with Crippen LogP contribution in [0.1, 0.15) is 11.1 Å². The van der Waals surface area contributed by atoms with Gasteiger partial charge in [-0.25, -0.2) is 0 Å². The first kappa shape index (κ1) is 27.4. The monoisotopic (exact) mass is 610 g/mol. The largest absolute Gasteiger partial charge is 0.309 e. The van der Waals surface area contributed by atoms with Gasteiger partial charge in [-0.05, 0) is 65.7 Å². The van der Waals surface area contributed by atoms with E-state index in [-0.39, 0.29) is 0 Å². The van der Waals surface area contributed by atoms with Crippen molar-refractivity contribution in [2.45, 2.75) is 0 Å². The summed E-state index contributed by atoms with van der Waals surface area (Å²) in [5, 5.41) is 24.8. The predicted octanol–water partition coefficient (Wildman–Crippen LogP) is 11.0. The Hall–Kier alpha value is -6.88. The maximum atomic E-state index is 10.4. The van der Waals surface area contributed by atoms with Gasteiger partial charge in [-0.2, -0.15) is 10.5 Å². The fourth-order valence-electron chi connectivity index (χ4n) is 7.41. The molecule has 9 rings (SSSR count). The third-order valence-corrected chi connectivity index (χ3v) is 9.43. The van der Waals surface area contributed by atoms with E-state index in [4.69, 9.17) is 0 Å². The minimum Gasteiger partial charge on any atom is -0.309 e. The van der Waals surface area contributed by atoms with Gasteiger partial charge >= 0.3 is 0 Å². The number of para-hydroxylation sites is 4. The van der Waals surface area contributed by atoms with Crippen LogP contribution in [0, 0.1) is 22.7 Å². The van der Waals surface area contributed by atoms with E-state index in [0.717, 1.165) is 66.5 Å². The van der Waals surface area contributed by atoms with Gasteiger partial charge in [-0.3, -0.25) is 0 Å². The molecular weight excluding hydrogens is 585 g/mol. The van der Waals surface area contributed by atoms with Crippen LogP contribution >= 0.6 is 0 Å². The molecule has 0 radical (unpaired) electrons. The molecule has 9 aromatic rings. The summed E-state index contributed by atoms with van der Waals surface area (Å²) in [5.41, 5.74) is 11.4. The van der Waals surface area contributed by atoms with Gasteiger partial charge in [-0.1, -0.05) is 103 Å². The minimum absolute atomic E-state index is 0.596. The first-order valence-electron chi connectivity index (χ1n) is 15.9. The Morgan fingerprint density at radius 2 is 0.896 bits per heavy atom. The highest BCUT2D eigenvalue weighted by Crippen LogP contribution is 2.41. The summed E-state index contributed by atoms with van der Waals surface area (Å²) in [6.45, 7) is 0. The number of fused-ring (bicyclic) bond motifs is 6. The van der Waals surface area contributed by atoms with Crippen molar-refractivity contribution >= 4 is 43.6 Å². The van der Waals surface area contributed by atoms with Crippen molar-refractivity contribution in [3.63, 3.8) is 0 Å². The molecule has 0 N–H and O–H groups in total. The van der Waals surface area contributed by atoms with Crippen LogP contribution in [0.15, 0.2) is 158 Å². The second kappa shape index (κ2) is 10.9. The van der Waals surface area contributed by atoms with Gasteiger partial charge in [0.1, 0.15) is 0 Å². The molecule has 0 aliphatic rings. The SMILES string of the molecule is N#Cc1ccc(-n2c3ccccc3c3c(C#N)cccc32)cc1-c1ccccc1-c1ccccc1-n1c2ccccc2c2ccccc21.